The standard InChI is InChI=1S/C15H22FN/c1-5-15(4)12(8-13(15)17)11-6-9(2)14(16)10(3)7-11/h6-7,12-13H,5,8,17H2,1-4H3. The lowest BCUT2D eigenvalue weighted by Crippen LogP contribution is -2.54. The van der Waals surface area contributed by atoms with E-state index < -0.39 is 0 Å². The monoisotopic (exact) mass is 235 g/mol. The molecular formula is C15H22FN. The quantitative estimate of drug-likeness (QED) is 0.831. The highest BCUT2D eigenvalue weighted by Crippen LogP contribution is 2.54. The van der Waals surface area contributed by atoms with Gasteiger partial charge in [-0.15, -0.1) is 0 Å². The number of halogens is 1. The molecule has 1 aromatic rings. The van der Waals surface area contributed by atoms with Gasteiger partial charge in [0, 0.05) is 6.04 Å². The summed E-state index contributed by atoms with van der Waals surface area (Å²) in [6, 6.07) is 4.27. The van der Waals surface area contributed by atoms with E-state index in [1.807, 2.05) is 26.0 Å². The molecule has 3 atom stereocenters. The van der Waals surface area contributed by atoms with E-state index in [1.165, 1.54) is 5.56 Å². The van der Waals surface area contributed by atoms with E-state index in [9.17, 15) is 4.39 Å². The van der Waals surface area contributed by atoms with Crippen LogP contribution in [0.15, 0.2) is 12.1 Å². The van der Waals surface area contributed by atoms with Gasteiger partial charge in [0.15, 0.2) is 0 Å². The Morgan fingerprint density at radius 3 is 2.29 bits per heavy atom. The first-order valence-electron chi connectivity index (χ1n) is 6.42. The molecule has 0 heterocycles. The van der Waals surface area contributed by atoms with Crippen LogP contribution in [0.4, 0.5) is 4.39 Å². The molecule has 1 aliphatic carbocycles. The van der Waals surface area contributed by atoms with Crippen molar-refractivity contribution in [3.8, 4) is 0 Å². The summed E-state index contributed by atoms with van der Waals surface area (Å²) in [5.74, 6) is 0.413. The average Bonchev–Trinajstić information content (AvgIpc) is 2.31. The first kappa shape index (κ1) is 12.6. The van der Waals surface area contributed by atoms with Gasteiger partial charge in [-0.2, -0.15) is 0 Å². The van der Waals surface area contributed by atoms with Crippen LogP contribution in [0.3, 0.4) is 0 Å². The van der Waals surface area contributed by atoms with Gasteiger partial charge in [0.05, 0.1) is 0 Å². The van der Waals surface area contributed by atoms with E-state index in [0.717, 1.165) is 24.0 Å². The number of nitrogens with two attached hydrogens (primary N) is 1. The summed E-state index contributed by atoms with van der Waals surface area (Å²) >= 11 is 0. The molecular weight excluding hydrogens is 213 g/mol. The summed E-state index contributed by atoms with van der Waals surface area (Å²) in [6.45, 7) is 8.12. The van der Waals surface area contributed by atoms with Crippen molar-refractivity contribution >= 4 is 0 Å². The van der Waals surface area contributed by atoms with E-state index in [0.29, 0.717) is 5.92 Å². The molecule has 1 saturated carbocycles. The topological polar surface area (TPSA) is 26.0 Å². The summed E-state index contributed by atoms with van der Waals surface area (Å²) < 4.78 is 13.6. The van der Waals surface area contributed by atoms with Gasteiger partial charge in [0.2, 0.25) is 0 Å². The molecule has 0 radical (unpaired) electrons. The molecule has 0 spiro atoms. The molecule has 0 amide bonds. The molecule has 2 rings (SSSR count). The zero-order chi connectivity index (χ0) is 12.8. The molecule has 1 aliphatic rings. The van der Waals surface area contributed by atoms with Gasteiger partial charge in [-0.1, -0.05) is 26.0 Å². The predicted molar refractivity (Wildman–Crippen MR) is 69.6 cm³/mol. The Morgan fingerprint density at radius 2 is 1.88 bits per heavy atom. The zero-order valence-corrected chi connectivity index (χ0v) is 11.2. The maximum Gasteiger partial charge on any atom is 0.129 e. The lowest BCUT2D eigenvalue weighted by atomic mass is 9.54. The van der Waals surface area contributed by atoms with Crippen LogP contribution in [0.5, 0.6) is 0 Å². The molecule has 94 valence electrons. The number of rotatable bonds is 2. The van der Waals surface area contributed by atoms with E-state index >= 15 is 0 Å². The molecule has 0 saturated heterocycles. The van der Waals surface area contributed by atoms with Crippen molar-refractivity contribution in [2.45, 2.75) is 52.5 Å². The van der Waals surface area contributed by atoms with Crippen LogP contribution in [-0.4, -0.2) is 6.04 Å². The van der Waals surface area contributed by atoms with Crippen molar-refractivity contribution in [3.05, 3.63) is 34.6 Å². The van der Waals surface area contributed by atoms with Gasteiger partial charge < -0.3 is 5.73 Å². The van der Waals surface area contributed by atoms with Crippen molar-refractivity contribution in [1.29, 1.82) is 0 Å². The first-order chi connectivity index (χ1) is 7.90. The average molecular weight is 235 g/mol. The van der Waals surface area contributed by atoms with E-state index in [2.05, 4.69) is 13.8 Å². The zero-order valence-electron chi connectivity index (χ0n) is 11.2. The Labute approximate surface area is 103 Å². The van der Waals surface area contributed by atoms with Crippen LogP contribution >= 0.6 is 0 Å². The van der Waals surface area contributed by atoms with Crippen LogP contribution in [0.1, 0.15) is 49.3 Å². The molecule has 1 fully saturated rings. The maximum atomic E-state index is 13.6. The summed E-state index contributed by atoms with van der Waals surface area (Å²) in [7, 11) is 0. The molecule has 17 heavy (non-hydrogen) atoms. The molecule has 0 bridgehead atoms. The number of hydrogen-bond acceptors (Lipinski definition) is 1. The van der Waals surface area contributed by atoms with Crippen molar-refractivity contribution in [2.24, 2.45) is 11.1 Å². The summed E-state index contributed by atoms with van der Waals surface area (Å²) in [6.07, 6.45) is 2.10. The number of aryl methyl sites for hydroxylation is 2. The highest BCUT2D eigenvalue weighted by Gasteiger charge is 2.48. The van der Waals surface area contributed by atoms with Crippen LogP contribution < -0.4 is 5.73 Å². The highest BCUT2D eigenvalue weighted by atomic mass is 19.1. The third-order valence-electron chi connectivity index (χ3n) is 4.76. The second-order valence-electron chi connectivity index (χ2n) is 5.72. The molecule has 0 aromatic heterocycles. The lowest BCUT2D eigenvalue weighted by molar-refractivity contribution is 0.0705. The van der Waals surface area contributed by atoms with Crippen LogP contribution in [0.2, 0.25) is 0 Å². The summed E-state index contributed by atoms with van der Waals surface area (Å²) in [4.78, 5) is 0. The van der Waals surface area contributed by atoms with Crippen molar-refractivity contribution in [1.82, 2.24) is 0 Å². The minimum absolute atomic E-state index is 0.0735. The van der Waals surface area contributed by atoms with Crippen molar-refractivity contribution in [2.75, 3.05) is 0 Å². The van der Waals surface area contributed by atoms with E-state index in [1.54, 1.807) is 0 Å². The van der Waals surface area contributed by atoms with Crippen LogP contribution in [-0.2, 0) is 0 Å². The van der Waals surface area contributed by atoms with Crippen LogP contribution in [0.25, 0.3) is 0 Å². The van der Waals surface area contributed by atoms with E-state index in [4.69, 9.17) is 5.73 Å². The minimum Gasteiger partial charge on any atom is -0.327 e. The van der Waals surface area contributed by atoms with Gasteiger partial charge in [-0.3, -0.25) is 0 Å². The second kappa shape index (κ2) is 4.09. The Kier molecular flexibility index (Phi) is 3.03. The summed E-state index contributed by atoms with van der Waals surface area (Å²) in [5, 5.41) is 0. The second-order valence-corrected chi connectivity index (χ2v) is 5.72. The smallest absolute Gasteiger partial charge is 0.129 e. The van der Waals surface area contributed by atoms with Crippen LogP contribution in [0, 0.1) is 25.1 Å². The minimum atomic E-state index is -0.0735. The molecule has 3 unspecified atom stereocenters. The largest absolute Gasteiger partial charge is 0.327 e. The molecule has 1 aromatic carbocycles. The Bertz CT molecular complexity index is 418. The molecule has 2 heteroatoms. The molecule has 2 N–H and O–H groups in total. The Hall–Kier alpha value is -0.890. The third kappa shape index (κ3) is 1.79. The fraction of sp³-hybridized carbons (Fsp3) is 0.600. The highest BCUT2D eigenvalue weighted by molar-refractivity contribution is 5.36. The van der Waals surface area contributed by atoms with Crippen molar-refractivity contribution in [3.63, 3.8) is 0 Å². The Morgan fingerprint density at radius 1 is 1.35 bits per heavy atom. The molecule has 1 nitrogen and oxygen atoms in total. The number of hydrogen-bond donors (Lipinski definition) is 1. The van der Waals surface area contributed by atoms with Gasteiger partial charge in [0.25, 0.3) is 0 Å². The van der Waals surface area contributed by atoms with Gasteiger partial charge in [-0.25, -0.2) is 4.39 Å². The number of benzene rings is 1. The SMILES string of the molecule is CCC1(C)C(N)CC1c1cc(C)c(F)c(C)c1. The van der Waals surface area contributed by atoms with Gasteiger partial charge in [-0.05, 0) is 54.7 Å². The Balaban J connectivity index is 2.37. The summed E-state index contributed by atoms with van der Waals surface area (Å²) in [5.41, 5.74) is 9.06. The predicted octanol–water partition coefficient (Wildman–Crippen LogP) is 3.67. The third-order valence-corrected chi connectivity index (χ3v) is 4.76. The maximum absolute atomic E-state index is 13.6. The van der Waals surface area contributed by atoms with E-state index in [-0.39, 0.29) is 17.3 Å². The van der Waals surface area contributed by atoms with Gasteiger partial charge in [0.1, 0.15) is 5.82 Å². The fourth-order valence-electron chi connectivity index (χ4n) is 3.10. The molecule has 0 aliphatic heterocycles. The first-order valence-corrected chi connectivity index (χ1v) is 6.42. The normalized spacial score (nSPS) is 32.4. The van der Waals surface area contributed by atoms with Crippen molar-refractivity contribution < 1.29 is 4.39 Å². The lowest BCUT2D eigenvalue weighted by Gasteiger charge is -2.53. The fourth-order valence-corrected chi connectivity index (χ4v) is 3.10. The van der Waals surface area contributed by atoms with Gasteiger partial charge >= 0.3 is 0 Å².